The van der Waals surface area contributed by atoms with E-state index in [4.69, 9.17) is 16.3 Å². The van der Waals surface area contributed by atoms with Crippen molar-refractivity contribution in [1.82, 2.24) is 14.5 Å². The third-order valence-corrected chi connectivity index (χ3v) is 5.73. The fraction of sp³-hybridized carbons (Fsp3) is 0.381. The molecule has 0 amide bonds. The van der Waals surface area contributed by atoms with Crippen LogP contribution in [0, 0.1) is 5.82 Å². The molecule has 3 aromatic rings. The molecule has 0 radical (unpaired) electrons. The van der Waals surface area contributed by atoms with Gasteiger partial charge in [-0.05, 0) is 43.0 Å². The molecule has 0 saturated heterocycles. The lowest BCUT2D eigenvalue weighted by atomic mass is 9.90. The molecule has 0 aliphatic heterocycles. The van der Waals surface area contributed by atoms with Crippen LogP contribution in [0.15, 0.2) is 30.6 Å². The van der Waals surface area contributed by atoms with Gasteiger partial charge in [-0.15, -0.1) is 0 Å². The summed E-state index contributed by atoms with van der Waals surface area (Å²) >= 11 is 5.94. The van der Waals surface area contributed by atoms with E-state index in [0.29, 0.717) is 37.0 Å². The summed E-state index contributed by atoms with van der Waals surface area (Å²) in [4.78, 5) is 22.2. The Labute approximate surface area is 178 Å². The Bertz CT molecular complexity index is 1070. The minimum absolute atomic E-state index is 0.0703. The predicted octanol–water partition coefficient (Wildman–Crippen LogP) is 3.32. The summed E-state index contributed by atoms with van der Waals surface area (Å²) in [5, 5.41) is 10.6. The first kappa shape index (κ1) is 20.6. The fourth-order valence-corrected chi connectivity index (χ4v) is 4.37. The molecule has 1 aliphatic rings. The molecule has 0 bridgehead atoms. The second-order valence-electron chi connectivity index (χ2n) is 7.35. The second kappa shape index (κ2) is 8.57. The van der Waals surface area contributed by atoms with Crippen LogP contribution in [-0.2, 0) is 28.9 Å². The Hall–Kier alpha value is -2.71. The summed E-state index contributed by atoms with van der Waals surface area (Å²) in [6.45, 7) is 0.959. The van der Waals surface area contributed by atoms with Crippen molar-refractivity contribution in [2.75, 3.05) is 25.2 Å². The number of carboxylic acids is 1. The van der Waals surface area contributed by atoms with Crippen LogP contribution in [-0.4, -0.2) is 51.9 Å². The van der Waals surface area contributed by atoms with Gasteiger partial charge >= 0.3 is 5.97 Å². The number of halogens is 2. The van der Waals surface area contributed by atoms with Crippen LogP contribution in [0.25, 0.3) is 10.9 Å². The highest BCUT2D eigenvalue weighted by Crippen LogP contribution is 2.35. The van der Waals surface area contributed by atoms with Gasteiger partial charge in [0.2, 0.25) is 5.95 Å². The van der Waals surface area contributed by atoms with Crippen molar-refractivity contribution in [2.45, 2.75) is 31.8 Å². The van der Waals surface area contributed by atoms with Gasteiger partial charge in [0.05, 0.1) is 24.0 Å². The molecule has 0 fully saturated rings. The Morgan fingerprint density at radius 2 is 2.17 bits per heavy atom. The molecule has 1 atom stereocenters. The fourth-order valence-electron chi connectivity index (χ4n) is 4.27. The number of methoxy groups -OCH3 is 1. The zero-order valence-corrected chi connectivity index (χ0v) is 17.3. The lowest BCUT2D eigenvalue weighted by molar-refractivity contribution is -0.137. The number of rotatable bonds is 7. The molecule has 1 N–H and O–H groups in total. The minimum atomic E-state index is -0.919. The van der Waals surface area contributed by atoms with Crippen LogP contribution < -0.4 is 4.90 Å². The van der Waals surface area contributed by atoms with Crippen LogP contribution in [0.5, 0.6) is 0 Å². The van der Waals surface area contributed by atoms with Crippen molar-refractivity contribution < 1.29 is 19.0 Å². The number of carbonyl (C=O) groups is 1. The second-order valence-corrected chi connectivity index (χ2v) is 7.79. The lowest BCUT2D eigenvalue weighted by Crippen LogP contribution is -2.42. The van der Waals surface area contributed by atoms with Crippen LogP contribution >= 0.6 is 11.6 Å². The first-order valence-electron chi connectivity index (χ1n) is 9.72. The van der Waals surface area contributed by atoms with Gasteiger partial charge in [-0.3, -0.25) is 4.79 Å². The first-order chi connectivity index (χ1) is 14.5. The number of aromatic nitrogens is 3. The number of hydrogen-bond acceptors (Lipinski definition) is 5. The van der Waals surface area contributed by atoms with Crippen LogP contribution in [0.1, 0.15) is 17.7 Å². The molecule has 2 aromatic heterocycles. The summed E-state index contributed by atoms with van der Waals surface area (Å²) in [5.41, 5.74) is 2.69. The third-order valence-electron chi connectivity index (χ3n) is 5.54. The van der Waals surface area contributed by atoms with E-state index in [-0.39, 0.29) is 18.4 Å². The molecular formula is C21H22ClFN4O3. The number of anilines is 1. The van der Waals surface area contributed by atoms with Gasteiger partial charge in [0.1, 0.15) is 12.4 Å². The molecule has 1 aromatic carbocycles. The zero-order chi connectivity index (χ0) is 21.3. The van der Waals surface area contributed by atoms with Crippen molar-refractivity contribution in [2.24, 2.45) is 0 Å². The number of aliphatic carboxylic acids is 1. The summed E-state index contributed by atoms with van der Waals surface area (Å²) in [7, 11) is 1.64. The topological polar surface area (TPSA) is 80.5 Å². The van der Waals surface area contributed by atoms with E-state index >= 15 is 0 Å². The normalized spacial score (nSPS) is 15.9. The van der Waals surface area contributed by atoms with Crippen molar-refractivity contribution in [3.8, 4) is 0 Å². The summed E-state index contributed by atoms with van der Waals surface area (Å²) in [6.07, 6.45) is 5.23. The molecule has 1 unspecified atom stereocenters. The molecule has 1 aliphatic carbocycles. The SMILES string of the molecule is COCCN(c1ncc(Cl)cn1)C1CCc2c(c3cc(F)ccc3n2CC(=O)O)C1. The molecule has 9 heteroatoms. The Morgan fingerprint density at radius 3 is 2.87 bits per heavy atom. The smallest absolute Gasteiger partial charge is 0.323 e. The van der Waals surface area contributed by atoms with Gasteiger partial charge < -0.3 is 19.3 Å². The molecule has 0 spiro atoms. The molecule has 2 heterocycles. The molecule has 0 saturated carbocycles. The number of hydrogen-bond donors (Lipinski definition) is 1. The molecular weight excluding hydrogens is 411 g/mol. The molecule has 30 heavy (non-hydrogen) atoms. The summed E-state index contributed by atoms with van der Waals surface area (Å²) in [5.74, 6) is -0.694. The first-order valence-corrected chi connectivity index (χ1v) is 10.1. The van der Waals surface area contributed by atoms with E-state index in [0.717, 1.165) is 28.6 Å². The highest BCUT2D eigenvalue weighted by Gasteiger charge is 2.30. The van der Waals surface area contributed by atoms with Crippen LogP contribution in [0.2, 0.25) is 5.02 Å². The highest BCUT2D eigenvalue weighted by atomic mass is 35.5. The standard InChI is InChI=1S/C21H22ClFN4O3/c1-30-7-6-26(21-24-10-13(22)11-25-21)15-3-5-19-17(9-15)16-8-14(23)2-4-18(16)27(19)12-20(28)29/h2,4,8,10-11,15H,3,5-7,9,12H2,1H3,(H,28,29). The molecule has 7 nitrogen and oxygen atoms in total. The number of fused-ring (bicyclic) bond motifs is 3. The van der Waals surface area contributed by atoms with Gasteiger partial charge in [-0.2, -0.15) is 0 Å². The van der Waals surface area contributed by atoms with Gasteiger partial charge in [0, 0.05) is 36.3 Å². The largest absolute Gasteiger partial charge is 0.480 e. The maximum absolute atomic E-state index is 14.0. The lowest BCUT2D eigenvalue weighted by Gasteiger charge is -2.34. The van der Waals surface area contributed by atoms with Gasteiger partial charge in [-0.1, -0.05) is 11.6 Å². The number of ether oxygens (including phenoxy) is 1. The van der Waals surface area contributed by atoms with Crippen molar-refractivity contribution in [3.05, 3.63) is 52.7 Å². The van der Waals surface area contributed by atoms with E-state index in [1.165, 1.54) is 12.1 Å². The number of benzene rings is 1. The number of nitrogens with zero attached hydrogens (tertiary/aromatic N) is 4. The van der Waals surface area contributed by atoms with Crippen molar-refractivity contribution in [1.29, 1.82) is 0 Å². The molecule has 4 rings (SSSR count). The van der Waals surface area contributed by atoms with E-state index in [9.17, 15) is 14.3 Å². The van der Waals surface area contributed by atoms with E-state index in [2.05, 4.69) is 14.9 Å². The minimum Gasteiger partial charge on any atom is -0.480 e. The van der Waals surface area contributed by atoms with E-state index in [1.807, 2.05) is 0 Å². The maximum Gasteiger partial charge on any atom is 0.323 e. The average Bonchev–Trinajstić information content (AvgIpc) is 3.01. The number of carboxylic acid groups (broad SMARTS) is 1. The van der Waals surface area contributed by atoms with Gasteiger partial charge in [0.25, 0.3) is 0 Å². The predicted molar refractivity (Wildman–Crippen MR) is 112 cm³/mol. The summed E-state index contributed by atoms with van der Waals surface area (Å²) < 4.78 is 21.1. The molecule has 158 valence electrons. The highest BCUT2D eigenvalue weighted by molar-refractivity contribution is 6.30. The zero-order valence-electron chi connectivity index (χ0n) is 16.5. The average molecular weight is 433 g/mol. The summed E-state index contributed by atoms with van der Waals surface area (Å²) in [6, 6.07) is 4.59. The monoisotopic (exact) mass is 432 g/mol. The quantitative estimate of drug-likeness (QED) is 0.617. The van der Waals surface area contributed by atoms with E-state index in [1.54, 1.807) is 30.1 Å². The van der Waals surface area contributed by atoms with Crippen LogP contribution in [0.3, 0.4) is 0 Å². The Morgan fingerprint density at radius 1 is 1.40 bits per heavy atom. The van der Waals surface area contributed by atoms with Crippen molar-refractivity contribution in [3.63, 3.8) is 0 Å². The van der Waals surface area contributed by atoms with Crippen LogP contribution in [0.4, 0.5) is 10.3 Å². The van der Waals surface area contributed by atoms with E-state index < -0.39 is 5.97 Å². The van der Waals surface area contributed by atoms with Gasteiger partial charge in [-0.25, -0.2) is 14.4 Å². The third kappa shape index (κ3) is 3.97. The maximum atomic E-state index is 14.0. The van der Waals surface area contributed by atoms with Crippen molar-refractivity contribution >= 4 is 34.4 Å². The van der Waals surface area contributed by atoms with Gasteiger partial charge in [0.15, 0.2) is 0 Å². The Balaban J connectivity index is 1.73. The Kier molecular flexibility index (Phi) is 5.87.